The molecule has 1 heterocycles. The number of nitrogens with zero attached hydrogens (tertiary/aromatic N) is 1. The zero-order valence-corrected chi connectivity index (χ0v) is 12.8. The fourth-order valence-corrected chi connectivity index (χ4v) is 2.96. The minimum atomic E-state index is -1.30. The van der Waals surface area contributed by atoms with E-state index >= 15 is 0 Å². The summed E-state index contributed by atoms with van der Waals surface area (Å²) in [6.45, 7) is 1.78. The number of thiophene rings is 1. The summed E-state index contributed by atoms with van der Waals surface area (Å²) in [6.07, 6.45) is 0. The molecule has 5 nitrogen and oxygen atoms in total. The van der Waals surface area contributed by atoms with Crippen LogP contribution in [0.2, 0.25) is 0 Å². The molecule has 1 aromatic heterocycles. The number of carbonyl (C=O) groups is 1. The van der Waals surface area contributed by atoms with Crippen molar-refractivity contribution in [2.45, 2.75) is 6.92 Å². The van der Waals surface area contributed by atoms with Gasteiger partial charge in [-0.3, -0.25) is 14.9 Å². The summed E-state index contributed by atoms with van der Waals surface area (Å²) in [5.41, 5.74) is -0.527. The SMILES string of the molecule is Cc1cc(C(=O)Nc2cc([N+](=O)[O-])c(F)cc2F)sc1Br. The predicted octanol–water partition coefficient (Wildman–Crippen LogP) is 4.26. The van der Waals surface area contributed by atoms with E-state index in [0.717, 1.165) is 20.7 Å². The first-order chi connectivity index (χ1) is 9.79. The van der Waals surface area contributed by atoms with Crippen molar-refractivity contribution in [1.82, 2.24) is 0 Å². The summed E-state index contributed by atoms with van der Waals surface area (Å²) in [6, 6.07) is 2.60. The number of nitro benzene ring substituents is 1. The number of hydrogen-bond acceptors (Lipinski definition) is 4. The van der Waals surface area contributed by atoms with Gasteiger partial charge < -0.3 is 5.32 Å². The molecule has 1 amide bonds. The number of nitro groups is 1. The van der Waals surface area contributed by atoms with Crippen molar-refractivity contribution in [3.05, 3.63) is 54.2 Å². The Labute approximate surface area is 129 Å². The van der Waals surface area contributed by atoms with Crippen LogP contribution in [-0.4, -0.2) is 10.8 Å². The van der Waals surface area contributed by atoms with Crippen molar-refractivity contribution >= 4 is 44.5 Å². The summed E-state index contributed by atoms with van der Waals surface area (Å²) < 4.78 is 27.5. The lowest BCUT2D eigenvalue weighted by Crippen LogP contribution is -2.12. The highest BCUT2D eigenvalue weighted by atomic mass is 79.9. The number of amides is 1. The third-order valence-corrected chi connectivity index (χ3v) is 4.70. The fraction of sp³-hybridized carbons (Fsp3) is 0.0833. The number of rotatable bonds is 3. The Balaban J connectivity index is 2.33. The van der Waals surface area contributed by atoms with Crippen molar-refractivity contribution in [3.8, 4) is 0 Å². The minimum Gasteiger partial charge on any atom is -0.319 e. The van der Waals surface area contributed by atoms with Gasteiger partial charge in [-0.05, 0) is 34.5 Å². The smallest absolute Gasteiger partial charge is 0.307 e. The number of anilines is 1. The first-order valence-electron chi connectivity index (χ1n) is 5.50. The summed E-state index contributed by atoms with van der Waals surface area (Å²) in [5, 5.41) is 12.8. The van der Waals surface area contributed by atoms with Crippen LogP contribution in [0, 0.1) is 28.7 Å². The summed E-state index contributed by atoms with van der Waals surface area (Å²) in [4.78, 5) is 21.9. The molecule has 0 spiro atoms. The van der Waals surface area contributed by atoms with Crippen molar-refractivity contribution < 1.29 is 18.5 Å². The van der Waals surface area contributed by atoms with Crippen molar-refractivity contribution in [3.63, 3.8) is 0 Å². The Morgan fingerprint density at radius 3 is 2.52 bits per heavy atom. The van der Waals surface area contributed by atoms with Crippen molar-refractivity contribution in [1.29, 1.82) is 0 Å². The van der Waals surface area contributed by atoms with E-state index in [1.54, 1.807) is 13.0 Å². The quantitative estimate of drug-likeness (QED) is 0.642. The van der Waals surface area contributed by atoms with E-state index in [1.807, 2.05) is 0 Å². The molecule has 0 aliphatic heterocycles. The van der Waals surface area contributed by atoms with Gasteiger partial charge in [-0.15, -0.1) is 11.3 Å². The molecule has 0 aliphatic rings. The maximum atomic E-state index is 13.6. The van der Waals surface area contributed by atoms with Crippen LogP contribution in [0.1, 0.15) is 15.2 Å². The monoisotopic (exact) mass is 376 g/mol. The van der Waals surface area contributed by atoms with Crippen LogP contribution in [0.25, 0.3) is 0 Å². The average Bonchev–Trinajstić information content (AvgIpc) is 2.72. The van der Waals surface area contributed by atoms with Crippen molar-refractivity contribution in [2.24, 2.45) is 0 Å². The molecule has 0 unspecified atom stereocenters. The molecule has 9 heteroatoms. The van der Waals surface area contributed by atoms with Gasteiger partial charge in [-0.25, -0.2) is 4.39 Å². The maximum absolute atomic E-state index is 13.6. The van der Waals surface area contributed by atoms with Gasteiger partial charge in [0, 0.05) is 12.1 Å². The summed E-state index contributed by atoms with van der Waals surface area (Å²) in [5.74, 6) is -3.02. The van der Waals surface area contributed by atoms with E-state index in [2.05, 4.69) is 21.2 Å². The molecule has 1 aromatic carbocycles. The maximum Gasteiger partial charge on any atom is 0.307 e. The Hall–Kier alpha value is -1.87. The second-order valence-electron chi connectivity index (χ2n) is 4.06. The third-order valence-electron chi connectivity index (χ3n) is 2.56. The molecule has 110 valence electrons. The van der Waals surface area contributed by atoms with E-state index in [9.17, 15) is 23.7 Å². The van der Waals surface area contributed by atoms with E-state index in [-0.39, 0.29) is 0 Å². The second kappa shape index (κ2) is 5.86. The normalized spacial score (nSPS) is 10.5. The van der Waals surface area contributed by atoms with Crippen LogP contribution < -0.4 is 5.32 Å². The molecule has 0 saturated carbocycles. The summed E-state index contributed by atoms with van der Waals surface area (Å²) >= 11 is 4.39. The van der Waals surface area contributed by atoms with Crippen LogP contribution in [0.3, 0.4) is 0 Å². The highest BCUT2D eigenvalue weighted by molar-refractivity contribution is 9.11. The van der Waals surface area contributed by atoms with Gasteiger partial charge in [-0.1, -0.05) is 0 Å². The highest BCUT2D eigenvalue weighted by Gasteiger charge is 2.20. The van der Waals surface area contributed by atoms with Gasteiger partial charge >= 0.3 is 5.69 Å². The standard InChI is InChI=1S/C12H7BrF2N2O3S/c1-5-2-10(21-11(5)13)12(18)16-8-4-9(17(19)20)7(15)3-6(8)14/h2-4H,1H3,(H,16,18). The van der Waals surface area contributed by atoms with Crippen LogP contribution in [0.15, 0.2) is 22.0 Å². The first kappa shape index (κ1) is 15.5. The van der Waals surface area contributed by atoms with Gasteiger partial charge in [0.25, 0.3) is 5.91 Å². The Kier molecular flexibility index (Phi) is 4.33. The van der Waals surface area contributed by atoms with Gasteiger partial charge in [0.15, 0.2) is 0 Å². The molecule has 2 aromatic rings. The minimum absolute atomic E-state index is 0.297. The molecule has 1 N–H and O–H groups in total. The molecule has 0 fully saturated rings. The Morgan fingerprint density at radius 1 is 1.33 bits per heavy atom. The fourth-order valence-electron chi connectivity index (χ4n) is 1.53. The lowest BCUT2D eigenvalue weighted by Gasteiger charge is -2.05. The molecule has 0 aliphatic carbocycles. The lowest BCUT2D eigenvalue weighted by atomic mass is 10.2. The van der Waals surface area contributed by atoms with E-state index in [0.29, 0.717) is 17.0 Å². The van der Waals surface area contributed by atoms with E-state index in [1.165, 1.54) is 0 Å². The number of aryl methyl sites for hydroxylation is 1. The van der Waals surface area contributed by atoms with Gasteiger partial charge in [0.2, 0.25) is 5.82 Å². The highest BCUT2D eigenvalue weighted by Crippen LogP contribution is 2.29. The lowest BCUT2D eigenvalue weighted by molar-refractivity contribution is -0.387. The van der Waals surface area contributed by atoms with Crippen LogP contribution >= 0.6 is 27.3 Å². The molecule has 0 saturated heterocycles. The van der Waals surface area contributed by atoms with Gasteiger partial charge in [0.1, 0.15) is 5.82 Å². The number of hydrogen-bond donors (Lipinski definition) is 1. The molecular weight excluding hydrogens is 370 g/mol. The largest absolute Gasteiger partial charge is 0.319 e. The topological polar surface area (TPSA) is 72.2 Å². The first-order valence-corrected chi connectivity index (χ1v) is 7.11. The van der Waals surface area contributed by atoms with Crippen LogP contribution in [0.4, 0.5) is 20.2 Å². The average molecular weight is 377 g/mol. The summed E-state index contributed by atoms with van der Waals surface area (Å²) in [7, 11) is 0. The van der Waals surface area contributed by atoms with E-state index in [4.69, 9.17) is 0 Å². The number of nitrogens with one attached hydrogen (secondary N) is 1. The number of halogens is 3. The molecule has 0 radical (unpaired) electrons. The van der Waals surface area contributed by atoms with E-state index < -0.39 is 33.8 Å². The molecular formula is C12H7BrF2N2O3S. The predicted molar refractivity (Wildman–Crippen MR) is 77.7 cm³/mol. The Morgan fingerprint density at radius 2 is 2.00 bits per heavy atom. The molecule has 0 atom stereocenters. The van der Waals surface area contributed by atoms with Crippen molar-refractivity contribution in [2.75, 3.05) is 5.32 Å². The molecule has 21 heavy (non-hydrogen) atoms. The molecule has 2 rings (SSSR count). The van der Waals surface area contributed by atoms with Crippen LogP contribution in [0.5, 0.6) is 0 Å². The molecule has 0 bridgehead atoms. The second-order valence-corrected chi connectivity index (χ2v) is 6.43. The van der Waals surface area contributed by atoms with Gasteiger partial charge in [0.05, 0.1) is 19.3 Å². The number of benzene rings is 1. The van der Waals surface area contributed by atoms with Gasteiger partial charge in [-0.2, -0.15) is 4.39 Å². The van der Waals surface area contributed by atoms with Crippen LogP contribution in [-0.2, 0) is 0 Å². The number of carbonyl (C=O) groups excluding carboxylic acids is 1. The zero-order chi connectivity index (χ0) is 15.7. The Bertz CT molecular complexity index is 729. The zero-order valence-electron chi connectivity index (χ0n) is 10.4. The third kappa shape index (κ3) is 3.24.